The number of likely N-dealkylation sites (tertiary alicyclic amines) is 1. The van der Waals surface area contributed by atoms with Crippen molar-refractivity contribution >= 4 is 23.1 Å². The molecule has 1 fully saturated rings. The van der Waals surface area contributed by atoms with Crippen molar-refractivity contribution in [3.63, 3.8) is 0 Å². The van der Waals surface area contributed by atoms with Gasteiger partial charge >= 0.3 is 5.97 Å². The second kappa shape index (κ2) is 12.9. The Balaban J connectivity index is 1.19. The molecule has 5 rings (SSSR count). The molecule has 1 N–H and O–H groups in total. The van der Waals surface area contributed by atoms with Crippen molar-refractivity contribution in [1.82, 2.24) is 9.88 Å². The van der Waals surface area contributed by atoms with E-state index in [4.69, 9.17) is 21.3 Å². The SMILES string of the molecule is CCOC(=O)C(C)(C)c1ccc(C(O)CCCN2CCC(=C3c4ccc(Cl)cc4CCc4cccnc43)CC2)cc1. The number of hydrogen-bond donors (Lipinski definition) is 1. The summed E-state index contributed by atoms with van der Waals surface area (Å²) in [7, 11) is 0. The first-order chi connectivity index (χ1) is 19.8. The first kappa shape index (κ1) is 29.5. The predicted molar refractivity (Wildman–Crippen MR) is 165 cm³/mol. The van der Waals surface area contributed by atoms with E-state index in [1.54, 1.807) is 0 Å². The smallest absolute Gasteiger partial charge is 0.315 e. The lowest BCUT2D eigenvalue weighted by atomic mass is 9.84. The minimum atomic E-state index is -0.716. The van der Waals surface area contributed by atoms with Gasteiger partial charge in [-0.1, -0.05) is 53.6 Å². The van der Waals surface area contributed by atoms with Crippen LogP contribution in [0, 0.1) is 0 Å². The number of carbonyl (C=O) groups is 1. The van der Waals surface area contributed by atoms with Crippen molar-refractivity contribution in [3.8, 4) is 0 Å². The number of benzene rings is 2. The summed E-state index contributed by atoms with van der Waals surface area (Å²) >= 11 is 6.38. The molecule has 1 aliphatic carbocycles. The molecule has 1 saturated heterocycles. The van der Waals surface area contributed by atoms with E-state index >= 15 is 0 Å². The number of fused-ring (bicyclic) bond motifs is 2. The van der Waals surface area contributed by atoms with Crippen LogP contribution in [-0.2, 0) is 27.8 Å². The van der Waals surface area contributed by atoms with Crippen LogP contribution in [0.15, 0.2) is 66.4 Å². The molecule has 2 aliphatic rings. The second-order valence-corrected chi connectivity index (χ2v) is 12.2. The number of hydrogen-bond acceptors (Lipinski definition) is 5. The Hall–Kier alpha value is -2.99. The van der Waals surface area contributed by atoms with E-state index in [0.29, 0.717) is 13.0 Å². The molecule has 0 saturated carbocycles. The van der Waals surface area contributed by atoms with Gasteiger partial charge in [0.25, 0.3) is 0 Å². The Labute approximate surface area is 249 Å². The number of ether oxygens (including phenoxy) is 1. The molecule has 2 heterocycles. The Morgan fingerprint density at radius 1 is 1.05 bits per heavy atom. The van der Waals surface area contributed by atoms with Crippen LogP contribution in [0.25, 0.3) is 5.57 Å². The fraction of sp³-hybridized carbons (Fsp3) is 0.429. The number of halogens is 1. The summed E-state index contributed by atoms with van der Waals surface area (Å²) in [5.41, 5.74) is 8.91. The number of pyridine rings is 1. The van der Waals surface area contributed by atoms with E-state index < -0.39 is 11.5 Å². The molecule has 1 unspecified atom stereocenters. The van der Waals surface area contributed by atoms with Gasteiger partial charge < -0.3 is 14.7 Å². The molecule has 0 radical (unpaired) electrons. The quantitative estimate of drug-likeness (QED) is 0.292. The van der Waals surface area contributed by atoms with Crippen LogP contribution in [0.3, 0.4) is 0 Å². The highest BCUT2D eigenvalue weighted by molar-refractivity contribution is 6.30. The van der Waals surface area contributed by atoms with E-state index in [0.717, 1.165) is 73.6 Å². The van der Waals surface area contributed by atoms with Crippen LogP contribution < -0.4 is 0 Å². The van der Waals surface area contributed by atoms with Crippen molar-refractivity contribution < 1.29 is 14.6 Å². The van der Waals surface area contributed by atoms with Crippen LogP contribution in [0.1, 0.15) is 86.1 Å². The molecule has 2 aromatic carbocycles. The van der Waals surface area contributed by atoms with Crippen LogP contribution in [0.5, 0.6) is 0 Å². The number of rotatable bonds is 8. The van der Waals surface area contributed by atoms with Gasteiger partial charge in [0.2, 0.25) is 0 Å². The van der Waals surface area contributed by atoms with Crippen LogP contribution in [0.2, 0.25) is 5.02 Å². The second-order valence-electron chi connectivity index (χ2n) is 11.8. The fourth-order valence-electron chi connectivity index (χ4n) is 6.16. The Kier molecular flexibility index (Phi) is 9.28. The van der Waals surface area contributed by atoms with Gasteiger partial charge in [-0.25, -0.2) is 0 Å². The zero-order valence-corrected chi connectivity index (χ0v) is 25.2. The maximum atomic E-state index is 12.3. The summed E-state index contributed by atoms with van der Waals surface area (Å²) in [6.45, 7) is 8.91. The van der Waals surface area contributed by atoms with Gasteiger partial charge in [0.15, 0.2) is 0 Å². The Bertz CT molecular complexity index is 1400. The van der Waals surface area contributed by atoms with Crippen molar-refractivity contribution in [2.75, 3.05) is 26.2 Å². The zero-order valence-electron chi connectivity index (χ0n) is 24.5. The molecule has 0 bridgehead atoms. The highest BCUT2D eigenvalue weighted by Gasteiger charge is 2.31. The average molecular weight is 573 g/mol. The lowest BCUT2D eigenvalue weighted by Gasteiger charge is -2.30. The highest BCUT2D eigenvalue weighted by atomic mass is 35.5. The van der Waals surface area contributed by atoms with Gasteiger partial charge in [0, 0.05) is 29.9 Å². The van der Waals surface area contributed by atoms with Gasteiger partial charge in [0.1, 0.15) is 0 Å². The molecule has 0 spiro atoms. The number of nitrogens with zero attached hydrogens (tertiary/aromatic N) is 2. The summed E-state index contributed by atoms with van der Waals surface area (Å²) in [6, 6.07) is 18.3. The Morgan fingerprint density at radius 2 is 1.78 bits per heavy atom. The van der Waals surface area contributed by atoms with Gasteiger partial charge in [-0.3, -0.25) is 9.78 Å². The van der Waals surface area contributed by atoms with Crippen LogP contribution >= 0.6 is 11.6 Å². The number of piperidine rings is 1. The highest BCUT2D eigenvalue weighted by Crippen LogP contribution is 2.38. The van der Waals surface area contributed by atoms with Gasteiger partial charge in [-0.05, 0) is 112 Å². The average Bonchev–Trinajstić information content (AvgIpc) is 3.14. The number of aryl methyl sites for hydroxylation is 2. The monoisotopic (exact) mass is 572 g/mol. The standard InChI is InChI=1S/C35H41ClN2O3/c1-4-41-34(40)35(2,3)28-13-11-24(12-14-28)31(39)8-6-20-38-21-17-25(18-22-38)32-30-16-15-29(36)23-27(30)10-9-26-7-5-19-37-33(26)32/h5,7,11-16,19,23,31,39H,4,6,8-10,17-18,20-22H2,1-3H3. The number of carbonyl (C=O) groups excluding carboxylic acids is 1. The molecule has 3 aromatic rings. The first-order valence-corrected chi connectivity index (χ1v) is 15.3. The predicted octanol–water partition coefficient (Wildman–Crippen LogP) is 7.09. The topological polar surface area (TPSA) is 62.7 Å². The summed E-state index contributed by atoms with van der Waals surface area (Å²) in [4.78, 5) is 19.7. The lowest BCUT2D eigenvalue weighted by Crippen LogP contribution is -2.32. The number of aliphatic hydroxyl groups excluding tert-OH is 1. The van der Waals surface area contributed by atoms with Crippen LogP contribution in [-0.4, -0.2) is 47.2 Å². The molecule has 1 aliphatic heterocycles. The van der Waals surface area contributed by atoms with E-state index in [9.17, 15) is 9.90 Å². The number of aromatic nitrogens is 1. The molecule has 1 aromatic heterocycles. The summed E-state index contributed by atoms with van der Waals surface area (Å²) in [5.74, 6) is -0.234. The third-order valence-corrected chi connectivity index (χ3v) is 8.93. The molecule has 1 atom stereocenters. The third-order valence-electron chi connectivity index (χ3n) is 8.70. The van der Waals surface area contributed by atoms with E-state index in [-0.39, 0.29) is 5.97 Å². The molecule has 0 amide bonds. The minimum Gasteiger partial charge on any atom is -0.465 e. The first-order valence-electron chi connectivity index (χ1n) is 14.9. The fourth-order valence-corrected chi connectivity index (χ4v) is 6.35. The normalized spacial score (nSPS) is 16.5. The van der Waals surface area contributed by atoms with Crippen molar-refractivity contribution in [2.24, 2.45) is 0 Å². The molecular formula is C35H41ClN2O3. The summed E-state index contributed by atoms with van der Waals surface area (Å²) < 4.78 is 5.23. The van der Waals surface area contributed by atoms with Gasteiger partial charge in [-0.2, -0.15) is 0 Å². The Morgan fingerprint density at radius 3 is 2.51 bits per heavy atom. The number of esters is 1. The van der Waals surface area contributed by atoms with E-state index in [1.165, 1.54) is 27.8 Å². The molecule has 41 heavy (non-hydrogen) atoms. The maximum absolute atomic E-state index is 12.3. The third kappa shape index (κ3) is 6.58. The van der Waals surface area contributed by atoms with E-state index in [1.807, 2.05) is 63.4 Å². The molecule has 6 heteroatoms. The van der Waals surface area contributed by atoms with Gasteiger partial charge in [0.05, 0.1) is 23.8 Å². The van der Waals surface area contributed by atoms with Crippen molar-refractivity contribution in [1.29, 1.82) is 0 Å². The maximum Gasteiger partial charge on any atom is 0.315 e. The van der Waals surface area contributed by atoms with Crippen molar-refractivity contribution in [2.45, 2.75) is 70.8 Å². The van der Waals surface area contributed by atoms with Gasteiger partial charge in [-0.15, -0.1) is 0 Å². The summed E-state index contributed by atoms with van der Waals surface area (Å²) in [6.07, 6.45) is 7.02. The number of aliphatic hydroxyl groups is 1. The minimum absolute atomic E-state index is 0.234. The molecule has 5 nitrogen and oxygen atoms in total. The summed E-state index contributed by atoms with van der Waals surface area (Å²) in [5, 5.41) is 11.6. The van der Waals surface area contributed by atoms with Crippen LogP contribution in [0.4, 0.5) is 0 Å². The largest absolute Gasteiger partial charge is 0.465 e. The zero-order chi connectivity index (χ0) is 29.0. The van der Waals surface area contributed by atoms with E-state index in [2.05, 4.69) is 23.1 Å². The molecular weight excluding hydrogens is 532 g/mol. The van der Waals surface area contributed by atoms with Crippen molar-refractivity contribution in [3.05, 3.63) is 105 Å². The lowest BCUT2D eigenvalue weighted by molar-refractivity contribution is -0.148. The molecule has 216 valence electrons.